The van der Waals surface area contributed by atoms with Crippen molar-refractivity contribution < 1.29 is 4.79 Å². The summed E-state index contributed by atoms with van der Waals surface area (Å²) in [4.78, 5) is 20.5. The van der Waals surface area contributed by atoms with E-state index >= 15 is 0 Å². The van der Waals surface area contributed by atoms with Crippen molar-refractivity contribution in [1.82, 2.24) is 25.5 Å². The molecule has 2 N–H and O–H groups in total. The second-order valence-corrected chi connectivity index (χ2v) is 5.37. The minimum Gasteiger partial charge on any atom is -0.355 e. The molecule has 0 radical (unpaired) electrons. The molecule has 22 heavy (non-hydrogen) atoms. The second-order valence-electron chi connectivity index (χ2n) is 5.37. The molecule has 6 heteroatoms. The highest BCUT2D eigenvalue weighted by Crippen LogP contribution is 2.18. The molecule has 0 spiro atoms. The predicted molar refractivity (Wildman–Crippen MR) is 82.8 cm³/mol. The maximum absolute atomic E-state index is 12.0. The van der Waals surface area contributed by atoms with Gasteiger partial charge in [-0.1, -0.05) is 12.2 Å². The summed E-state index contributed by atoms with van der Waals surface area (Å²) < 4.78 is 0. The van der Waals surface area contributed by atoms with Crippen LogP contribution in [0, 0.1) is 5.92 Å². The van der Waals surface area contributed by atoms with Crippen molar-refractivity contribution in [3.05, 3.63) is 42.5 Å². The first-order chi connectivity index (χ1) is 10.8. The zero-order chi connectivity index (χ0) is 15.2. The maximum Gasteiger partial charge on any atom is 0.223 e. The number of H-pyrrole nitrogens is 1. The van der Waals surface area contributed by atoms with Gasteiger partial charge < -0.3 is 5.32 Å². The number of rotatable bonds is 5. The monoisotopic (exact) mass is 297 g/mol. The van der Waals surface area contributed by atoms with Crippen LogP contribution in [0.3, 0.4) is 0 Å². The summed E-state index contributed by atoms with van der Waals surface area (Å²) in [6.07, 6.45) is 11.1. The van der Waals surface area contributed by atoms with Crippen LogP contribution < -0.4 is 5.32 Å². The lowest BCUT2D eigenvalue weighted by Crippen LogP contribution is -2.32. The Morgan fingerprint density at radius 2 is 2.36 bits per heavy atom. The average Bonchev–Trinajstić information content (AvgIpc) is 3.05. The Morgan fingerprint density at radius 1 is 1.41 bits per heavy atom. The van der Waals surface area contributed by atoms with Crippen LogP contribution in [0.1, 0.15) is 25.1 Å². The molecule has 2 aromatic rings. The van der Waals surface area contributed by atoms with E-state index in [-0.39, 0.29) is 11.8 Å². The highest BCUT2D eigenvalue weighted by Gasteiger charge is 2.18. The third-order valence-corrected chi connectivity index (χ3v) is 3.75. The quantitative estimate of drug-likeness (QED) is 0.825. The summed E-state index contributed by atoms with van der Waals surface area (Å²) in [5.41, 5.74) is 0.878. The molecule has 0 fully saturated rings. The first-order valence-electron chi connectivity index (χ1n) is 7.57. The molecule has 2 heterocycles. The van der Waals surface area contributed by atoms with E-state index in [0.717, 1.165) is 30.7 Å². The fraction of sp³-hybridized carbons (Fsp3) is 0.375. The van der Waals surface area contributed by atoms with Gasteiger partial charge in [0.1, 0.15) is 5.82 Å². The van der Waals surface area contributed by atoms with E-state index in [0.29, 0.717) is 18.8 Å². The van der Waals surface area contributed by atoms with Crippen LogP contribution in [0.15, 0.2) is 36.7 Å². The standard InChI is InChI=1S/C16H19N5O/c22-16(12-5-2-1-3-6-12)18-10-8-14-19-15(21-20-14)13-7-4-9-17-11-13/h1-2,4,7,9,11-12H,3,5-6,8,10H2,(H,18,22)(H,19,20,21)/t12-/m1/s1. The molecule has 0 bridgehead atoms. The number of carbonyl (C=O) groups excluding carboxylic acids is 1. The van der Waals surface area contributed by atoms with Gasteiger partial charge >= 0.3 is 0 Å². The topological polar surface area (TPSA) is 83.6 Å². The van der Waals surface area contributed by atoms with Crippen molar-refractivity contribution >= 4 is 5.91 Å². The van der Waals surface area contributed by atoms with Gasteiger partial charge in [0.2, 0.25) is 5.91 Å². The number of amides is 1. The largest absolute Gasteiger partial charge is 0.355 e. The van der Waals surface area contributed by atoms with Gasteiger partial charge in [0.05, 0.1) is 0 Å². The van der Waals surface area contributed by atoms with Crippen LogP contribution in [0.25, 0.3) is 11.4 Å². The van der Waals surface area contributed by atoms with Gasteiger partial charge in [-0.3, -0.25) is 14.9 Å². The summed E-state index contributed by atoms with van der Waals surface area (Å²) in [6, 6.07) is 3.77. The minimum atomic E-state index is 0.116. The summed E-state index contributed by atoms with van der Waals surface area (Å²) in [6.45, 7) is 0.570. The summed E-state index contributed by atoms with van der Waals surface area (Å²) in [7, 11) is 0. The molecule has 114 valence electrons. The van der Waals surface area contributed by atoms with Gasteiger partial charge in [-0.25, -0.2) is 4.98 Å². The summed E-state index contributed by atoms with van der Waals surface area (Å²) in [5, 5.41) is 10.1. The second kappa shape index (κ2) is 6.98. The lowest BCUT2D eigenvalue weighted by Gasteiger charge is -2.16. The molecule has 0 saturated carbocycles. The molecule has 3 rings (SSSR count). The first-order valence-corrected chi connectivity index (χ1v) is 7.57. The van der Waals surface area contributed by atoms with Crippen molar-refractivity contribution in [2.75, 3.05) is 6.54 Å². The Morgan fingerprint density at radius 3 is 3.14 bits per heavy atom. The zero-order valence-electron chi connectivity index (χ0n) is 12.3. The number of hydrogen-bond acceptors (Lipinski definition) is 4. The molecule has 0 aliphatic heterocycles. The number of nitrogens with zero attached hydrogens (tertiary/aromatic N) is 3. The van der Waals surface area contributed by atoms with Crippen LogP contribution in [0.4, 0.5) is 0 Å². The first kappa shape index (κ1) is 14.4. The fourth-order valence-corrected chi connectivity index (χ4v) is 2.51. The maximum atomic E-state index is 12.0. The summed E-state index contributed by atoms with van der Waals surface area (Å²) >= 11 is 0. The van der Waals surface area contributed by atoms with Crippen molar-refractivity contribution in [3.63, 3.8) is 0 Å². The predicted octanol–water partition coefficient (Wildman–Crippen LogP) is 1.88. The molecule has 0 saturated heterocycles. The van der Waals surface area contributed by atoms with Crippen LogP contribution in [-0.2, 0) is 11.2 Å². The van der Waals surface area contributed by atoms with Crippen molar-refractivity contribution in [1.29, 1.82) is 0 Å². The van der Waals surface area contributed by atoms with Crippen molar-refractivity contribution in [3.8, 4) is 11.4 Å². The average molecular weight is 297 g/mol. The molecule has 1 aliphatic carbocycles. The summed E-state index contributed by atoms with van der Waals surface area (Å²) in [5.74, 6) is 1.65. The molecule has 1 atom stereocenters. The zero-order valence-corrected chi connectivity index (χ0v) is 12.3. The van der Waals surface area contributed by atoms with E-state index in [1.165, 1.54) is 0 Å². The highest BCUT2D eigenvalue weighted by molar-refractivity contribution is 5.78. The fourth-order valence-electron chi connectivity index (χ4n) is 2.51. The van der Waals surface area contributed by atoms with Crippen LogP contribution in [-0.4, -0.2) is 32.6 Å². The molecule has 6 nitrogen and oxygen atoms in total. The molecule has 0 unspecified atom stereocenters. The van der Waals surface area contributed by atoms with Gasteiger partial charge in [0, 0.05) is 36.8 Å². The Kier molecular flexibility index (Phi) is 4.58. The van der Waals surface area contributed by atoms with Crippen molar-refractivity contribution in [2.45, 2.75) is 25.7 Å². The number of carbonyl (C=O) groups is 1. The van der Waals surface area contributed by atoms with Gasteiger partial charge in [-0.05, 0) is 31.4 Å². The normalized spacial score (nSPS) is 17.4. The molecule has 0 aromatic carbocycles. The van der Waals surface area contributed by atoms with Crippen LogP contribution in [0.5, 0.6) is 0 Å². The van der Waals surface area contributed by atoms with E-state index in [4.69, 9.17) is 0 Å². The van der Waals surface area contributed by atoms with Gasteiger partial charge in [0.15, 0.2) is 5.82 Å². The lowest BCUT2D eigenvalue weighted by atomic mass is 9.94. The molecule has 2 aromatic heterocycles. The van der Waals surface area contributed by atoms with Crippen molar-refractivity contribution in [2.24, 2.45) is 5.92 Å². The van der Waals surface area contributed by atoms with E-state index in [1.807, 2.05) is 12.1 Å². The Labute approximate surface area is 129 Å². The van der Waals surface area contributed by atoms with Crippen LogP contribution >= 0.6 is 0 Å². The number of hydrogen-bond donors (Lipinski definition) is 2. The van der Waals surface area contributed by atoms with Crippen LogP contribution in [0.2, 0.25) is 0 Å². The SMILES string of the molecule is O=C(NCCc1nc(-c2cccnc2)n[nH]1)[C@@H]1CC=CCC1. The number of pyridine rings is 1. The lowest BCUT2D eigenvalue weighted by molar-refractivity contribution is -0.125. The Hall–Kier alpha value is -2.50. The number of nitrogens with one attached hydrogen (secondary N) is 2. The molecular weight excluding hydrogens is 278 g/mol. The number of allylic oxidation sites excluding steroid dienone is 2. The smallest absolute Gasteiger partial charge is 0.223 e. The van der Waals surface area contributed by atoms with Gasteiger partial charge in [-0.2, -0.15) is 5.10 Å². The minimum absolute atomic E-state index is 0.116. The van der Waals surface area contributed by atoms with E-state index in [2.05, 4.69) is 37.6 Å². The highest BCUT2D eigenvalue weighted by atomic mass is 16.1. The number of aromatic nitrogens is 4. The Balaban J connectivity index is 1.49. The third-order valence-electron chi connectivity index (χ3n) is 3.75. The van der Waals surface area contributed by atoms with E-state index in [1.54, 1.807) is 12.4 Å². The number of aromatic amines is 1. The van der Waals surface area contributed by atoms with Gasteiger partial charge in [-0.15, -0.1) is 0 Å². The molecule has 1 amide bonds. The molecule has 1 aliphatic rings. The third kappa shape index (κ3) is 3.58. The Bertz CT molecular complexity index is 650. The van der Waals surface area contributed by atoms with Gasteiger partial charge in [0.25, 0.3) is 0 Å². The molecular formula is C16H19N5O. The van der Waals surface area contributed by atoms with E-state index < -0.39 is 0 Å². The van der Waals surface area contributed by atoms with E-state index in [9.17, 15) is 4.79 Å².